The molecule has 0 bridgehead atoms. The summed E-state index contributed by atoms with van der Waals surface area (Å²) in [7, 11) is -3.17. The SMILES string of the molecule is C[C@@H]1[C@@H]([Si](C)(C)F)[C@H](CC(=O)N2Cc3ccccc3C[C@H]2CO)O[C@@H]1CCc1cccc(-n2ncc3ccccc3c2=O)c1. The van der Waals surface area contributed by atoms with Gasteiger partial charge in [-0.05, 0) is 73.2 Å². The first kappa shape index (κ1) is 30.4. The molecule has 1 amide bonds. The molecule has 7 nitrogen and oxygen atoms in total. The van der Waals surface area contributed by atoms with E-state index in [1.165, 1.54) is 4.68 Å². The summed E-state index contributed by atoms with van der Waals surface area (Å²) in [4.78, 5) is 28.5. The molecule has 230 valence electrons. The molecule has 9 heteroatoms. The fourth-order valence-electron chi connectivity index (χ4n) is 7.34. The van der Waals surface area contributed by atoms with Crippen LogP contribution in [0.2, 0.25) is 18.6 Å². The molecule has 44 heavy (non-hydrogen) atoms. The number of aliphatic hydroxyl groups is 1. The summed E-state index contributed by atoms with van der Waals surface area (Å²) in [5.41, 5.74) is 3.49. The maximum atomic E-state index is 15.8. The summed E-state index contributed by atoms with van der Waals surface area (Å²) in [6.07, 6.45) is 3.08. The fourth-order valence-corrected chi connectivity index (χ4v) is 9.88. The van der Waals surface area contributed by atoms with Gasteiger partial charge in [-0.3, -0.25) is 9.59 Å². The van der Waals surface area contributed by atoms with E-state index in [0.717, 1.165) is 22.1 Å². The summed E-state index contributed by atoms with van der Waals surface area (Å²) in [5.74, 6) is -0.135. The minimum Gasteiger partial charge on any atom is -0.394 e. The molecule has 1 fully saturated rings. The number of carbonyl (C=O) groups excluding carboxylic acids is 1. The van der Waals surface area contributed by atoms with Crippen LogP contribution in [0.3, 0.4) is 0 Å². The van der Waals surface area contributed by atoms with Crippen LogP contribution in [-0.2, 0) is 28.9 Å². The standard InChI is InChI=1S/C35H40FN3O4Si/c1-23-31(16-15-24-9-8-13-28(17-24)39-35(42)30-14-7-6-11-26(30)20-37-39)43-32(34(23)44(2,3)36)19-33(41)38-21-27-12-5-4-10-25(27)18-29(38)22-40/h4-14,17,20,23,29,31-32,34,40H,15-16,18-19,21-22H2,1-3H3/t23-,29-,31+,32-,34+/m0/s1. The summed E-state index contributed by atoms with van der Waals surface area (Å²) in [6.45, 7) is 5.80. The highest BCUT2D eigenvalue weighted by molar-refractivity contribution is 6.72. The van der Waals surface area contributed by atoms with Crippen LogP contribution in [0.1, 0.15) is 36.5 Å². The Morgan fingerprint density at radius 2 is 1.80 bits per heavy atom. The number of ether oxygens (including phenoxy) is 1. The van der Waals surface area contributed by atoms with E-state index in [1.54, 1.807) is 30.3 Å². The third kappa shape index (κ3) is 6.01. The quantitative estimate of drug-likeness (QED) is 0.207. The molecule has 3 aromatic carbocycles. The summed E-state index contributed by atoms with van der Waals surface area (Å²) >= 11 is 0. The van der Waals surface area contributed by atoms with Crippen LogP contribution < -0.4 is 5.56 Å². The van der Waals surface area contributed by atoms with Gasteiger partial charge in [-0.15, -0.1) is 0 Å². The monoisotopic (exact) mass is 613 g/mol. The normalized spacial score (nSPS) is 23.6. The molecule has 0 radical (unpaired) electrons. The molecule has 1 saturated heterocycles. The van der Waals surface area contributed by atoms with Crippen LogP contribution in [-0.4, -0.2) is 59.0 Å². The van der Waals surface area contributed by atoms with Crippen molar-refractivity contribution in [1.29, 1.82) is 0 Å². The topological polar surface area (TPSA) is 84.7 Å². The Hall–Kier alpha value is -3.66. The van der Waals surface area contributed by atoms with Crippen LogP contribution in [0.15, 0.2) is 83.8 Å². The van der Waals surface area contributed by atoms with Gasteiger partial charge in [0.05, 0.1) is 48.5 Å². The Bertz CT molecular complexity index is 1720. The second kappa shape index (κ2) is 12.4. The van der Waals surface area contributed by atoms with Crippen LogP contribution >= 0.6 is 0 Å². The molecule has 5 atom stereocenters. The molecule has 6 rings (SSSR count). The Balaban J connectivity index is 1.16. The number of nitrogens with zero attached hydrogens (tertiary/aromatic N) is 3. The fraction of sp³-hybridized carbons (Fsp3) is 0.400. The maximum Gasteiger partial charge on any atom is 0.279 e. The van der Waals surface area contributed by atoms with E-state index >= 15 is 4.11 Å². The van der Waals surface area contributed by atoms with E-state index in [1.807, 2.05) is 66.7 Å². The summed E-state index contributed by atoms with van der Waals surface area (Å²) in [6, 6.07) is 22.9. The van der Waals surface area contributed by atoms with Gasteiger partial charge in [-0.2, -0.15) is 9.78 Å². The number of fused-ring (bicyclic) bond motifs is 2. The maximum absolute atomic E-state index is 15.8. The van der Waals surface area contributed by atoms with E-state index in [-0.39, 0.29) is 48.1 Å². The first-order valence-electron chi connectivity index (χ1n) is 15.5. The van der Waals surface area contributed by atoms with Crippen molar-refractivity contribution >= 4 is 25.1 Å². The number of rotatable bonds is 8. The number of halogens is 1. The number of aromatic nitrogens is 2. The predicted octanol–water partition coefficient (Wildman–Crippen LogP) is 5.60. The smallest absolute Gasteiger partial charge is 0.279 e. The zero-order chi connectivity index (χ0) is 31.0. The van der Waals surface area contributed by atoms with Crippen LogP contribution in [0.5, 0.6) is 0 Å². The van der Waals surface area contributed by atoms with Gasteiger partial charge in [-0.25, -0.2) is 0 Å². The van der Waals surface area contributed by atoms with Gasteiger partial charge in [0.15, 0.2) is 0 Å². The lowest BCUT2D eigenvalue weighted by molar-refractivity contribution is -0.138. The van der Waals surface area contributed by atoms with E-state index in [4.69, 9.17) is 4.74 Å². The second-order valence-electron chi connectivity index (χ2n) is 12.9. The highest BCUT2D eigenvalue weighted by atomic mass is 28.4. The molecule has 1 N–H and O–H groups in total. The first-order chi connectivity index (χ1) is 21.1. The van der Waals surface area contributed by atoms with Gasteiger partial charge in [0.2, 0.25) is 14.3 Å². The third-order valence-corrected chi connectivity index (χ3v) is 12.0. The minimum atomic E-state index is -3.17. The van der Waals surface area contributed by atoms with Gasteiger partial charge < -0.3 is 18.9 Å². The molecule has 3 heterocycles. The number of aliphatic hydroxyl groups excluding tert-OH is 1. The van der Waals surface area contributed by atoms with Crippen LogP contribution in [0.25, 0.3) is 16.5 Å². The largest absolute Gasteiger partial charge is 0.394 e. The molecular weight excluding hydrogens is 573 g/mol. The average Bonchev–Trinajstić information content (AvgIpc) is 3.34. The number of benzene rings is 3. The Labute approximate surface area is 258 Å². The van der Waals surface area contributed by atoms with Crippen molar-refractivity contribution in [3.05, 3.63) is 106 Å². The minimum absolute atomic E-state index is 0.0388. The number of aryl methyl sites for hydroxylation is 1. The Kier molecular flexibility index (Phi) is 8.54. The van der Waals surface area contributed by atoms with Gasteiger partial charge in [0, 0.05) is 17.5 Å². The number of hydrogen-bond acceptors (Lipinski definition) is 5. The first-order valence-corrected chi connectivity index (χ1v) is 18.5. The zero-order valence-corrected chi connectivity index (χ0v) is 26.5. The second-order valence-corrected chi connectivity index (χ2v) is 16.7. The molecule has 0 aliphatic carbocycles. The lowest BCUT2D eigenvalue weighted by atomic mass is 9.93. The molecule has 2 aliphatic heterocycles. The predicted molar refractivity (Wildman–Crippen MR) is 172 cm³/mol. The van der Waals surface area contributed by atoms with Gasteiger partial charge in [0.25, 0.3) is 5.56 Å². The highest BCUT2D eigenvalue weighted by Gasteiger charge is 2.52. The van der Waals surface area contributed by atoms with Crippen molar-refractivity contribution in [2.45, 2.75) is 76.0 Å². The van der Waals surface area contributed by atoms with E-state index in [9.17, 15) is 14.7 Å². The van der Waals surface area contributed by atoms with Crippen molar-refractivity contribution in [2.75, 3.05) is 6.61 Å². The molecule has 4 aromatic rings. The van der Waals surface area contributed by atoms with Crippen LogP contribution in [0.4, 0.5) is 4.11 Å². The lowest BCUT2D eigenvalue weighted by Crippen LogP contribution is -2.48. The number of carbonyl (C=O) groups is 1. The van der Waals surface area contributed by atoms with Crippen LogP contribution in [0, 0.1) is 5.92 Å². The third-order valence-electron chi connectivity index (χ3n) is 9.53. The van der Waals surface area contributed by atoms with Crippen molar-refractivity contribution in [1.82, 2.24) is 14.7 Å². The van der Waals surface area contributed by atoms with E-state index < -0.39 is 14.5 Å². The van der Waals surface area contributed by atoms with Gasteiger partial charge in [0.1, 0.15) is 0 Å². The summed E-state index contributed by atoms with van der Waals surface area (Å²) in [5, 5.41) is 15.9. The van der Waals surface area contributed by atoms with Gasteiger partial charge in [-0.1, -0.05) is 61.5 Å². The zero-order valence-electron chi connectivity index (χ0n) is 25.5. The van der Waals surface area contributed by atoms with E-state index in [0.29, 0.717) is 36.9 Å². The molecule has 0 spiro atoms. The highest BCUT2D eigenvalue weighted by Crippen LogP contribution is 2.47. The number of amides is 1. The molecular formula is C35H40FN3O4Si. The van der Waals surface area contributed by atoms with E-state index in [2.05, 4.69) is 12.0 Å². The molecule has 2 aliphatic rings. The number of hydrogen-bond donors (Lipinski definition) is 1. The molecule has 0 unspecified atom stereocenters. The van der Waals surface area contributed by atoms with Gasteiger partial charge >= 0.3 is 0 Å². The van der Waals surface area contributed by atoms with Crippen molar-refractivity contribution < 1.29 is 18.7 Å². The molecule has 0 saturated carbocycles. The van der Waals surface area contributed by atoms with Crippen molar-refractivity contribution in [3.63, 3.8) is 0 Å². The average molecular weight is 614 g/mol. The Morgan fingerprint density at radius 3 is 2.57 bits per heavy atom. The lowest BCUT2D eigenvalue weighted by Gasteiger charge is -2.37. The summed E-state index contributed by atoms with van der Waals surface area (Å²) < 4.78 is 23.8. The Morgan fingerprint density at radius 1 is 1.05 bits per heavy atom. The van der Waals surface area contributed by atoms with Crippen molar-refractivity contribution in [3.8, 4) is 5.69 Å². The molecule has 1 aromatic heterocycles. The van der Waals surface area contributed by atoms with Crippen molar-refractivity contribution in [2.24, 2.45) is 5.92 Å².